The molecule has 0 amide bonds. The van der Waals surface area contributed by atoms with Gasteiger partial charge in [-0.2, -0.15) is 0 Å². The van der Waals surface area contributed by atoms with Crippen LogP contribution in [0, 0.1) is 23.7 Å². The van der Waals surface area contributed by atoms with Crippen LogP contribution < -0.4 is 0 Å². The van der Waals surface area contributed by atoms with Crippen molar-refractivity contribution < 1.29 is 14.0 Å². The number of hydrogen-bond acceptors (Lipinski definition) is 3. The highest BCUT2D eigenvalue weighted by molar-refractivity contribution is 6.74. The first-order valence-electron chi connectivity index (χ1n) is 9.79. The van der Waals surface area contributed by atoms with E-state index in [4.69, 9.17) is 9.16 Å². The molecular weight excluding hydrogens is 328 g/mol. The Morgan fingerprint density at radius 1 is 1.32 bits per heavy atom. The minimum absolute atomic E-state index is 0.00558. The van der Waals surface area contributed by atoms with Crippen LogP contribution in [0.4, 0.5) is 0 Å². The molecule has 25 heavy (non-hydrogen) atoms. The van der Waals surface area contributed by atoms with Gasteiger partial charge < -0.3 is 9.16 Å². The van der Waals surface area contributed by atoms with Gasteiger partial charge in [-0.05, 0) is 62.1 Å². The van der Waals surface area contributed by atoms with Crippen LogP contribution in [0.1, 0.15) is 60.8 Å². The molecule has 0 aromatic carbocycles. The average molecular weight is 369 g/mol. The van der Waals surface area contributed by atoms with E-state index in [2.05, 4.69) is 60.7 Å². The smallest absolute Gasteiger partial charge is 0.309 e. The molecule has 0 radical (unpaired) electrons. The monoisotopic (exact) mass is 368 g/mol. The Morgan fingerprint density at radius 3 is 2.40 bits per heavy atom. The Labute approximate surface area is 156 Å². The molecular formula is C21H40O3Si. The zero-order valence-corrected chi connectivity index (χ0v) is 18.9. The van der Waals surface area contributed by atoms with Crippen LogP contribution in [0.5, 0.6) is 0 Å². The van der Waals surface area contributed by atoms with Crippen LogP contribution in [0.15, 0.2) is 11.6 Å². The summed E-state index contributed by atoms with van der Waals surface area (Å²) in [6, 6.07) is 0. The highest BCUT2D eigenvalue weighted by Crippen LogP contribution is 2.40. The maximum atomic E-state index is 12.3. The molecule has 0 spiro atoms. The normalized spacial score (nSPS) is 23.4. The Hall–Kier alpha value is -0.613. The lowest BCUT2D eigenvalue weighted by molar-refractivity contribution is -0.148. The Bertz CT molecular complexity index is 474. The zero-order chi connectivity index (χ0) is 19.4. The number of esters is 1. The van der Waals surface area contributed by atoms with Crippen molar-refractivity contribution in [3.05, 3.63) is 11.6 Å². The van der Waals surface area contributed by atoms with E-state index in [0.717, 1.165) is 25.9 Å². The van der Waals surface area contributed by atoms with Gasteiger partial charge in [0.15, 0.2) is 8.32 Å². The fourth-order valence-corrected chi connectivity index (χ4v) is 4.65. The van der Waals surface area contributed by atoms with Gasteiger partial charge in [0, 0.05) is 6.61 Å². The van der Waals surface area contributed by atoms with E-state index in [0.29, 0.717) is 11.8 Å². The Kier molecular flexibility index (Phi) is 7.94. The van der Waals surface area contributed by atoms with Gasteiger partial charge in [-0.25, -0.2) is 0 Å². The van der Waals surface area contributed by atoms with Crippen molar-refractivity contribution in [3.8, 4) is 0 Å². The van der Waals surface area contributed by atoms with Gasteiger partial charge in [-0.1, -0.05) is 46.3 Å². The summed E-state index contributed by atoms with van der Waals surface area (Å²) in [5.41, 5.74) is 1.40. The Balaban J connectivity index is 2.87. The quantitative estimate of drug-likeness (QED) is 0.323. The predicted molar refractivity (Wildman–Crippen MR) is 108 cm³/mol. The summed E-state index contributed by atoms with van der Waals surface area (Å²) in [7, 11) is -0.213. The molecule has 0 aromatic rings. The van der Waals surface area contributed by atoms with E-state index in [9.17, 15) is 4.79 Å². The fraction of sp³-hybridized carbons (Fsp3) is 0.857. The number of carbonyl (C=O) groups is 1. The van der Waals surface area contributed by atoms with E-state index in [1.165, 1.54) is 12.7 Å². The van der Waals surface area contributed by atoms with Crippen LogP contribution >= 0.6 is 0 Å². The molecule has 1 aliphatic carbocycles. The molecule has 4 heteroatoms. The number of hydrogen-bond donors (Lipinski definition) is 0. The summed E-state index contributed by atoms with van der Waals surface area (Å²) in [4.78, 5) is 12.3. The van der Waals surface area contributed by atoms with Gasteiger partial charge in [-0.3, -0.25) is 4.79 Å². The van der Waals surface area contributed by atoms with Gasteiger partial charge in [0.25, 0.3) is 0 Å². The minimum atomic E-state index is -1.72. The van der Waals surface area contributed by atoms with Gasteiger partial charge in [0.1, 0.15) is 0 Å². The molecule has 1 aliphatic rings. The van der Waals surface area contributed by atoms with E-state index in [1.807, 2.05) is 0 Å². The van der Waals surface area contributed by atoms with Crippen molar-refractivity contribution in [2.24, 2.45) is 23.7 Å². The van der Waals surface area contributed by atoms with Gasteiger partial charge in [-0.15, -0.1) is 0 Å². The summed E-state index contributed by atoms with van der Waals surface area (Å²) in [6.45, 7) is 18.9. The zero-order valence-electron chi connectivity index (χ0n) is 17.9. The summed E-state index contributed by atoms with van der Waals surface area (Å²) in [5.74, 6) is 1.18. The lowest BCUT2D eigenvalue weighted by atomic mass is 9.69. The molecule has 1 rings (SSSR count). The van der Waals surface area contributed by atoms with Crippen LogP contribution in [-0.2, 0) is 14.0 Å². The first kappa shape index (κ1) is 22.4. The number of ether oxygens (including phenoxy) is 1. The largest absolute Gasteiger partial charge is 0.469 e. The number of rotatable bonds is 7. The second kappa shape index (κ2) is 8.85. The molecule has 0 bridgehead atoms. The summed E-state index contributed by atoms with van der Waals surface area (Å²) >= 11 is 0. The SMILES string of the molecule is COC(=O)[C@H]1CCC(C)=C[C@@H]1[C@@H](CCO[Si](C)(C)C(C)(C)C)C(C)C. The molecule has 0 fully saturated rings. The molecule has 0 saturated carbocycles. The van der Waals surface area contributed by atoms with Crippen molar-refractivity contribution in [1.29, 1.82) is 0 Å². The summed E-state index contributed by atoms with van der Waals surface area (Å²) in [6.07, 6.45) is 5.25. The van der Waals surface area contributed by atoms with E-state index < -0.39 is 8.32 Å². The number of allylic oxidation sites excluding steroid dienone is 2. The van der Waals surface area contributed by atoms with Crippen LogP contribution in [0.25, 0.3) is 0 Å². The second-order valence-electron chi connectivity index (χ2n) is 9.56. The first-order valence-corrected chi connectivity index (χ1v) is 12.7. The minimum Gasteiger partial charge on any atom is -0.469 e. The third-order valence-corrected chi connectivity index (χ3v) is 10.9. The summed E-state index contributed by atoms with van der Waals surface area (Å²) < 4.78 is 11.5. The molecule has 0 aliphatic heterocycles. The first-order chi connectivity index (χ1) is 11.4. The van der Waals surface area contributed by atoms with Crippen molar-refractivity contribution in [2.75, 3.05) is 13.7 Å². The summed E-state index contributed by atoms with van der Waals surface area (Å²) in [5, 5.41) is 0.232. The number of methoxy groups -OCH3 is 1. The van der Waals surface area contributed by atoms with Gasteiger partial charge in [0.05, 0.1) is 13.0 Å². The van der Waals surface area contributed by atoms with E-state index >= 15 is 0 Å². The fourth-order valence-electron chi connectivity index (χ4n) is 3.59. The van der Waals surface area contributed by atoms with Crippen molar-refractivity contribution >= 4 is 14.3 Å². The van der Waals surface area contributed by atoms with Crippen LogP contribution in [0.3, 0.4) is 0 Å². The lowest BCUT2D eigenvalue weighted by Crippen LogP contribution is -2.42. The molecule has 3 nitrogen and oxygen atoms in total. The maximum absolute atomic E-state index is 12.3. The molecule has 3 atom stereocenters. The third-order valence-electron chi connectivity index (χ3n) is 6.37. The molecule has 0 aromatic heterocycles. The molecule has 0 N–H and O–H groups in total. The van der Waals surface area contributed by atoms with Crippen LogP contribution in [-0.4, -0.2) is 28.0 Å². The van der Waals surface area contributed by atoms with Crippen molar-refractivity contribution in [3.63, 3.8) is 0 Å². The molecule has 0 unspecified atom stereocenters. The standard InChI is InChI=1S/C21H40O3Si/c1-15(2)17(12-13-24-25(8,9)21(4,5)6)19-14-16(3)10-11-18(19)20(22)23-7/h14-15,17-19H,10-13H2,1-9H3/t17-,18-,19+/m0/s1. The topological polar surface area (TPSA) is 35.5 Å². The van der Waals surface area contributed by atoms with Gasteiger partial charge in [0.2, 0.25) is 0 Å². The van der Waals surface area contributed by atoms with E-state index in [-0.39, 0.29) is 22.8 Å². The van der Waals surface area contributed by atoms with Crippen molar-refractivity contribution in [2.45, 2.75) is 78.9 Å². The molecule has 146 valence electrons. The van der Waals surface area contributed by atoms with Crippen LogP contribution in [0.2, 0.25) is 18.1 Å². The second-order valence-corrected chi connectivity index (χ2v) is 14.4. The molecule has 0 saturated heterocycles. The van der Waals surface area contributed by atoms with Crippen molar-refractivity contribution in [1.82, 2.24) is 0 Å². The molecule has 0 heterocycles. The highest BCUT2D eigenvalue weighted by atomic mass is 28.4. The van der Waals surface area contributed by atoms with E-state index in [1.54, 1.807) is 0 Å². The van der Waals surface area contributed by atoms with Gasteiger partial charge >= 0.3 is 5.97 Å². The number of carbonyl (C=O) groups excluding carboxylic acids is 1. The third kappa shape index (κ3) is 5.95. The average Bonchev–Trinajstić information content (AvgIpc) is 2.49. The Morgan fingerprint density at radius 2 is 1.92 bits per heavy atom. The lowest BCUT2D eigenvalue weighted by Gasteiger charge is -2.39. The highest BCUT2D eigenvalue weighted by Gasteiger charge is 2.39. The predicted octanol–water partition coefficient (Wildman–Crippen LogP) is 5.82. The maximum Gasteiger partial charge on any atom is 0.309 e.